The Morgan fingerprint density at radius 2 is 1.93 bits per heavy atom. The van der Waals surface area contributed by atoms with Gasteiger partial charge in [0, 0.05) is 30.3 Å². The number of rotatable bonds is 7. The molecule has 5 N–H and O–H groups in total. The van der Waals surface area contributed by atoms with Gasteiger partial charge in [-0.2, -0.15) is 11.0 Å². The molecule has 0 radical (unpaired) electrons. The molecule has 0 bridgehead atoms. The molecule has 2 atom stereocenters. The highest BCUT2D eigenvalue weighted by atomic mass is 16.2. The zero-order valence-corrected chi connectivity index (χ0v) is 16.0. The highest BCUT2D eigenvalue weighted by Gasteiger charge is 2.62. The Labute approximate surface area is 163 Å². The summed E-state index contributed by atoms with van der Waals surface area (Å²) in [6.07, 6.45) is 1.93. The van der Waals surface area contributed by atoms with Crippen molar-refractivity contribution >= 4 is 11.8 Å². The van der Waals surface area contributed by atoms with Crippen LogP contribution in [-0.4, -0.2) is 35.4 Å². The summed E-state index contributed by atoms with van der Waals surface area (Å²) in [5, 5.41) is 1.84. The summed E-state index contributed by atoms with van der Waals surface area (Å²) in [6.45, 7) is 2.75. The number of benzene rings is 2. The number of nitrogens with zero attached hydrogens (tertiary/aromatic N) is 2. The summed E-state index contributed by atoms with van der Waals surface area (Å²) in [6, 6.07) is 13.0. The molecule has 2 aromatic rings. The maximum Gasteiger partial charge on any atom is 0.253 e. The average molecular weight is 380 g/mol. The Balaban J connectivity index is 1.75. The number of fused-ring (bicyclic) bond motifs is 1. The molecule has 0 spiro atoms. The van der Waals surface area contributed by atoms with Gasteiger partial charge in [0.25, 0.3) is 5.91 Å². The topological polar surface area (TPSA) is 112 Å². The van der Waals surface area contributed by atoms with E-state index in [0.29, 0.717) is 17.7 Å². The monoisotopic (exact) mass is 380 g/mol. The number of amides is 2. The van der Waals surface area contributed by atoms with Crippen LogP contribution in [-0.2, 0) is 5.79 Å². The van der Waals surface area contributed by atoms with Crippen molar-refractivity contribution in [3.05, 3.63) is 59.2 Å². The number of carbonyl (C=O) groups excluding carboxylic acids is 2. The largest absolute Gasteiger partial charge is 0.366 e. The molecular formula is C20H24N6O2. The molecule has 8 heteroatoms. The lowest BCUT2D eigenvalue weighted by atomic mass is 9.93. The number of unbranched alkanes of at least 4 members (excludes halogenated alkanes) is 1. The quantitative estimate of drug-likeness (QED) is 0.538. The Morgan fingerprint density at radius 3 is 2.54 bits per heavy atom. The van der Waals surface area contributed by atoms with Gasteiger partial charge in [-0.25, -0.2) is 5.43 Å². The van der Waals surface area contributed by atoms with Crippen LogP contribution in [0, 0.1) is 0 Å². The summed E-state index contributed by atoms with van der Waals surface area (Å²) in [7, 11) is 1.78. The summed E-state index contributed by atoms with van der Waals surface area (Å²) in [4.78, 5) is 26.5. The van der Waals surface area contributed by atoms with Gasteiger partial charge in [0.15, 0.2) is 0 Å². The van der Waals surface area contributed by atoms with E-state index in [1.807, 2.05) is 35.4 Å². The van der Waals surface area contributed by atoms with Crippen molar-refractivity contribution in [2.45, 2.75) is 25.6 Å². The van der Waals surface area contributed by atoms with Crippen molar-refractivity contribution in [2.24, 2.45) is 5.73 Å². The minimum atomic E-state index is -0.558. The summed E-state index contributed by atoms with van der Waals surface area (Å²) >= 11 is 0. The number of nitrogens with one attached hydrogen (secondary N) is 3. The van der Waals surface area contributed by atoms with Crippen molar-refractivity contribution in [3.8, 4) is 11.1 Å². The first-order valence-corrected chi connectivity index (χ1v) is 9.37. The zero-order valence-electron chi connectivity index (χ0n) is 16.0. The van der Waals surface area contributed by atoms with Crippen LogP contribution in [0.25, 0.3) is 11.1 Å². The van der Waals surface area contributed by atoms with Crippen molar-refractivity contribution in [1.29, 1.82) is 0 Å². The minimum absolute atomic E-state index is 0.122. The second kappa shape index (κ2) is 6.99. The molecule has 0 saturated carbocycles. The fourth-order valence-electron chi connectivity index (χ4n) is 3.48. The van der Waals surface area contributed by atoms with Gasteiger partial charge in [-0.05, 0) is 35.7 Å². The van der Waals surface area contributed by atoms with Crippen LogP contribution in [0.15, 0.2) is 42.5 Å². The smallest absolute Gasteiger partial charge is 0.253 e. The molecule has 8 nitrogen and oxygen atoms in total. The van der Waals surface area contributed by atoms with Crippen LogP contribution in [0.5, 0.6) is 0 Å². The molecule has 2 heterocycles. The van der Waals surface area contributed by atoms with Gasteiger partial charge in [0.2, 0.25) is 11.7 Å². The SMILES string of the molecule is CCCCN(C)C(=O)c1cc(C(N)=O)cc(-c2ccccc2[C@]23NNN2N3)c1. The molecule has 0 aliphatic carbocycles. The highest BCUT2D eigenvalue weighted by Crippen LogP contribution is 2.41. The minimum Gasteiger partial charge on any atom is -0.366 e. The molecule has 2 aromatic carbocycles. The number of hydrogen-bond donors (Lipinski definition) is 4. The number of primary amides is 1. The molecule has 0 aromatic heterocycles. The first-order chi connectivity index (χ1) is 13.5. The first kappa shape index (κ1) is 18.6. The maximum absolute atomic E-state index is 12.9. The summed E-state index contributed by atoms with van der Waals surface area (Å²) in [5.74, 6) is -1.14. The van der Waals surface area contributed by atoms with Gasteiger partial charge in [0.1, 0.15) is 0 Å². The van der Waals surface area contributed by atoms with Crippen LogP contribution < -0.4 is 22.1 Å². The Kier molecular flexibility index (Phi) is 4.64. The lowest BCUT2D eigenvalue weighted by Crippen LogP contribution is -2.59. The molecule has 1 unspecified atom stereocenters. The average Bonchev–Trinajstić information content (AvgIpc) is 3.25. The predicted molar refractivity (Wildman–Crippen MR) is 105 cm³/mol. The van der Waals surface area contributed by atoms with Gasteiger partial charge in [0.05, 0.1) is 0 Å². The number of hydrogen-bond acceptors (Lipinski definition) is 6. The Morgan fingerprint density at radius 1 is 1.18 bits per heavy atom. The van der Waals surface area contributed by atoms with Crippen molar-refractivity contribution < 1.29 is 9.59 Å². The normalized spacial score (nSPS) is 22.1. The third-order valence-electron chi connectivity index (χ3n) is 5.19. The molecule has 28 heavy (non-hydrogen) atoms. The van der Waals surface area contributed by atoms with E-state index in [1.54, 1.807) is 24.1 Å². The number of hydrazine groups is 3. The Bertz CT molecular complexity index is 942. The predicted octanol–water partition coefficient (Wildman–Crippen LogP) is 1.28. The van der Waals surface area contributed by atoms with E-state index >= 15 is 0 Å². The van der Waals surface area contributed by atoms with Gasteiger partial charge in [-0.1, -0.05) is 37.6 Å². The molecule has 146 valence electrons. The third kappa shape index (κ3) is 3.06. The van der Waals surface area contributed by atoms with E-state index in [4.69, 9.17) is 5.73 Å². The van der Waals surface area contributed by atoms with Gasteiger partial charge in [-0.15, -0.1) is 5.12 Å². The second-order valence-electron chi connectivity index (χ2n) is 7.18. The second-order valence-corrected chi connectivity index (χ2v) is 7.18. The zero-order chi connectivity index (χ0) is 19.9. The van der Waals surface area contributed by atoms with E-state index in [9.17, 15) is 9.59 Å². The van der Waals surface area contributed by atoms with Crippen LogP contribution in [0.1, 0.15) is 46.0 Å². The summed E-state index contributed by atoms with van der Waals surface area (Å²) in [5.41, 5.74) is 18.3. The van der Waals surface area contributed by atoms with Crippen molar-refractivity contribution in [1.82, 2.24) is 26.4 Å². The molecule has 2 aliphatic rings. The van der Waals surface area contributed by atoms with Crippen LogP contribution in [0.2, 0.25) is 0 Å². The highest BCUT2D eigenvalue weighted by molar-refractivity contribution is 6.01. The fourth-order valence-corrected chi connectivity index (χ4v) is 3.48. The van der Waals surface area contributed by atoms with Gasteiger partial charge >= 0.3 is 0 Å². The third-order valence-corrected chi connectivity index (χ3v) is 5.19. The van der Waals surface area contributed by atoms with E-state index in [2.05, 4.69) is 23.3 Å². The van der Waals surface area contributed by atoms with E-state index in [1.165, 1.54) is 0 Å². The molecule has 2 amide bonds. The summed E-state index contributed by atoms with van der Waals surface area (Å²) < 4.78 is 0. The van der Waals surface area contributed by atoms with Gasteiger partial charge in [-0.3, -0.25) is 9.59 Å². The lowest BCUT2D eigenvalue weighted by Gasteiger charge is -2.27. The molecule has 2 aliphatic heterocycles. The molecular weight excluding hydrogens is 356 g/mol. The Hall–Kier alpha value is -2.78. The van der Waals surface area contributed by atoms with Crippen LogP contribution in [0.3, 0.4) is 0 Å². The van der Waals surface area contributed by atoms with Crippen LogP contribution >= 0.6 is 0 Å². The van der Waals surface area contributed by atoms with E-state index in [0.717, 1.165) is 29.5 Å². The first-order valence-electron chi connectivity index (χ1n) is 9.37. The number of nitrogens with two attached hydrogens (primary N) is 1. The number of carbonyl (C=O) groups is 2. The fraction of sp³-hybridized carbons (Fsp3) is 0.300. The standard InChI is InChI=1S/C20H24N6O2/c1-3-4-9-25(2)19(28)15-11-13(10-14(12-15)18(21)27)16-7-5-6-8-17(16)20-22-24-26(20)23-20/h5-8,10-12,22-24H,3-4,9H2,1-2H3,(H2,21,27)/t20-,26?/m1/s1. The van der Waals surface area contributed by atoms with Crippen LogP contribution in [0.4, 0.5) is 0 Å². The van der Waals surface area contributed by atoms with Gasteiger partial charge < -0.3 is 10.6 Å². The molecule has 2 fully saturated rings. The lowest BCUT2D eigenvalue weighted by molar-refractivity contribution is 0.0793. The maximum atomic E-state index is 12.9. The van der Waals surface area contributed by atoms with Crippen molar-refractivity contribution in [2.75, 3.05) is 13.6 Å². The van der Waals surface area contributed by atoms with E-state index < -0.39 is 11.7 Å². The molecule has 2 saturated heterocycles. The van der Waals surface area contributed by atoms with Crippen molar-refractivity contribution in [3.63, 3.8) is 0 Å². The molecule has 4 rings (SSSR count). The van der Waals surface area contributed by atoms with E-state index in [-0.39, 0.29) is 5.91 Å².